The predicted octanol–water partition coefficient (Wildman–Crippen LogP) is 4.32. The van der Waals surface area contributed by atoms with Gasteiger partial charge < -0.3 is 5.32 Å². The average Bonchev–Trinajstić information content (AvgIpc) is 2.52. The van der Waals surface area contributed by atoms with Crippen molar-refractivity contribution in [1.29, 1.82) is 0 Å². The van der Waals surface area contributed by atoms with E-state index < -0.39 is 0 Å². The number of nitrogens with one attached hydrogen (secondary N) is 1. The summed E-state index contributed by atoms with van der Waals surface area (Å²) in [5.41, 5.74) is 6.10. The van der Waals surface area contributed by atoms with E-state index in [-0.39, 0.29) is 0 Å². The molecule has 3 aromatic rings. The standard InChI is InChI=1S/C19H20N2/c1-3-20-12-15-8-9-18(14(2)10-15)17-11-16-6-4-5-7-19(16)21-13-17/h4-11,13,20H,3,12H2,1-2H3. The summed E-state index contributed by atoms with van der Waals surface area (Å²) < 4.78 is 0. The summed E-state index contributed by atoms with van der Waals surface area (Å²) in [6.45, 7) is 6.21. The zero-order chi connectivity index (χ0) is 14.7. The van der Waals surface area contributed by atoms with Gasteiger partial charge in [-0.15, -0.1) is 0 Å². The number of aromatic nitrogens is 1. The van der Waals surface area contributed by atoms with Crippen LogP contribution in [0.4, 0.5) is 0 Å². The lowest BCUT2D eigenvalue weighted by molar-refractivity contribution is 0.726. The van der Waals surface area contributed by atoms with E-state index in [1.165, 1.54) is 27.6 Å². The van der Waals surface area contributed by atoms with Gasteiger partial charge in [-0.25, -0.2) is 0 Å². The summed E-state index contributed by atoms with van der Waals surface area (Å²) in [5.74, 6) is 0. The molecule has 3 rings (SSSR count). The normalized spacial score (nSPS) is 11.0. The first-order valence-corrected chi connectivity index (χ1v) is 7.43. The van der Waals surface area contributed by atoms with Gasteiger partial charge >= 0.3 is 0 Å². The monoisotopic (exact) mass is 276 g/mol. The van der Waals surface area contributed by atoms with Gasteiger partial charge in [0.15, 0.2) is 0 Å². The van der Waals surface area contributed by atoms with Crippen LogP contribution in [0.3, 0.4) is 0 Å². The minimum atomic E-state index is 0.924. The van der Waals surface area contributed by atoms with Crippen molar-refractivity contribution < 1.29 is 0 Å². The Morgan fingerprint density at radius 2 is 1.90 bits per heavy atom. The van der Waals surface area contributed by atoms with Gasteiger partial charge in [-0.1, -0.05) is 43.3 Å². The van der Waals surface area contributed by atoms with Crippen molar-refractivity contribution in [3.63, 3.8) is 0 Å². The van der Waals surface area contributed by atoms with E-state index in [0.29, 0.717) is 0 Å². The molecule has 0 fully saturated rings. The van der Waals surface area contributed by atoms with Crippen LogP contribution in [0.15, 0.2) is 54.7 Å². The summed E-state index contributed by atoms with van der Waals surface area (Å²) in [6.07, 6.45) is 1.97. The minimum Gasteiger partial charge on any atom is -0.313 e. The molecule has 0 aliphatic carbocycles. The Kier molecular flexibility index (Phi) is 3.98. The third-order valence-electron chi connectivity index (χ3n) is 3.77. The van der Waals surface area contributed by atoms with E-state index in [2.05, 4.69) is 60.5 Å². The highest BCUT2D eigenvalue weighted by atomic mass is 14.8. The Labute approximate surface area is 125 Å². The Morgan fingerprint density at radius 3 is 2.71 bits per heavy atom. The second-order valence-electron chi connectivity index (χ2n) is 5.35. The van der Waals surface area contributed by atoms with Gasteiger partial charge in [0.2, 0.25) is 0 Å². The lowest BCUT2D eigenvalue weighted by Gasteiger charge is -2.10. The molecule has 1 aromatic heterocycles. The van der Waals surface area contributed by atoms with Crippen LogP contribution in [0, 0.1) is 6.92 Å². The van der Waals surface area contributed by atoms with Crippen LogP contribution in [0.25, 0.3) is 22.0 Å². The Balaban J connectivity index is 1.98. The van der Waals surface area contributed by atoms with Crippen LogP contribution >= 0.6 is 0 Å². The molecular weight excluding hydrogens is 256 g/mol. The van der Waals surface area contributed by atoms with Gasteiger partial charge in [0, 0.05) is 23.7 Å². The van der Waals surface area contributed by atoms with Gasteiger partial charge in [-0.2, -0.15) is 0 Å². The SMILES string of the molecule is CCNCc1ccc(-c2cnc3ccccc3c2)c(C)c1. The number of rotatable bonds is 4. The summed E-state index contributed by atoms with van der Waals surface area (Å²) in [5, 5.41) is 4.55. The molecule has 0 bridgehead atoms. The van der Waals surface area contributed by atoms with E-state index in [1.807, 2.05) is 18.3 Å². The molecule has 0 aliphatic rings. The van der Waals surface area contributed by atoms with Crippen molar-refractivity contribution >= 4 is 10.9 Å². The van der Waals surface area contributed by atoms with Crippen LogP contribution in [-0.2, 0) is 6.54 Å². The van der Waals surface area contributed by atoms with Crippen molar-refractivity contribution in [2.45, 2.75) is 20.4 Å². The molecule has 2 aromatic carbocycles. The molecule has 106 valence electrons. The van der Waals surface area contributed by atoms with Gasteiger partial charge in [-0.3, -0.25) is 4.98 Å². The molecule has 0 amide bonds. The minimum absolute atomic E-state index is 0.924. The molecule has 0 saturated carbocycles. The van der Waals surface area contributed by atoms with E-state index in [0.717, 1.165) is 18.6 Å². The number of hydrogen-bond donors (Lipinski definition) is 1. The molecule has 0 atom stereocenters. The fourth-order valence-electron chi connectivity index (χ4n) is 2.65. The number of hydrogen-bond acceptors (Lipinski definition) is 2. The molecule has 0 radical (unpaired) electrons. The second kappa shape index (κ2) is 6.06. The highest BCUT2D eigenvalue weighted by Gasteiger charge is 2.05. The highest BCUT2D eigenvalue weighted by Crippen LogP contribution is 2.26. The van der Waals surface area contributed by atoms with E-state index >= 15 is 0 Å². The number of fused-ring (bicyclic) bond motifs is 1. The van der Waals surface area contributed by atoms with Gasteiger partial charge in [0.1, 0.15) is 0 Å². The fourth-order valence-corrected chi connectivity index (χ4v) is 2.65. The molecule has 0 spiro atoms. The van der Waals surface area contributed by atoms with Crippen molar-refractivity contribution in [1.82, 2.24) is 10.3 Å². The van der Waals surface area contributed by atoms with E-state index in [4.69, 9.17) is 0 Å². The molecule has 2 nitrogen and oxygen atoms in total. The van der Waals surface area contributed by atoms with Crippen molar-refractivity contribution in [2.75, 3.05) is 6.54 Å². The van der Waals surface area contributed by atoms with Gasteiger partial charge in [0.05, 0.1) is 5.52 Å². The Hall–Kier alpha value is -2.19. The van der Waals surface area contributed by atoms with E-state index in [9.17, 15) is 0 Å². The molecule has 1 N–H and O–H groups in total. The summed E-state index contributed by atoms with van der Waals surface area (Å²) in [7, 11) is 0. The number of para-hydroxylation sites is 1. The fraction of sp³-hybridized carbons (Fsp3) is 0.211. The first-order valence-electron chi connectivity index (χ1n) is 7.43. The summed E-state index contributed by atoms with van der Waals surface area (Å²) >= 11 is 0. The third kappa shape index (κ3) is 2.96. The van der Waals surface area contributed by atoms with Crippen LogP contribution in [0.1, 0.15) is 18.1 Å². The van der Waals surface area contributed by atoms with Crippen molar-refractivity contribution in [3.8, 4) is 11.1 Å². The van der Waals surface area contributed by atoms with Crippen LogP contribution in [0.2, 0.25) is 0 Å². The number of benzene rings is 2. The first-order chi connectivity index (χ1) is 10.3. The Bertz CT molecular complexity index is 762. The maximum absolute atomic E-state index is 4.56. The quantitative estimate of drug-likeness (QED) is 0.767. The molecule has 2 heteroatoms. The van der Waals surface area contributed by atoms with Crippen LogP contribution in [-0.4, -0.2) is 11.5 Å². The lowest BCUT2D eigenvalue weighted by atomic mass is 9.98. The molecular formula is C19H20N2. The summed E-state index contributed by atoms with van der Waals surface area (Å²) in [6, 6.07) is 17.1. The molecule has 0 saturated heterocycles. The first kappa shape index (κ1) is 13.8. The Morgan fingerprint density at radius 1 is 1.05 bits per heavy atom. The summed E-state index contributed by atoms with van der Waals surface area (Å²) in [4.78, 5) is 4.56. The molecule has 21 heavy (non-hydrogen) atoms. The van der Waals surface area contributed by atoms with Crippen molar-refractivity contribution in [2.24, 2.45) is 0 Å². The largest absolute Gasteiger partial charge is 0.313 e. The van der Waals surface area contributed by atoms with Gasteiger partial charge in [-0.05, 0) is 42.3 Å². The van der Waals surface area contributed by atoms with Crippen molar-refractivity contribution in [3.05, 3.63) is 65.9 Å². The second-order valence-corrected chi connectivity index (χ2v) is 5.35. The van der Waals surface area contributed by atoms with Gasteiger partial charge in [0.25, 0.3) is 0 Å². The molecule has 0 unspecified atom stereocenters. The molecule has 0 aliphatic heterocycles. The number of aryl methyl sites for hydroxylation is 1. The number of nitrogens with zero attached hydrogens (tertiary/aromatic N) is 1. The zero-order valence-electron chi connectivity index (χ0n) is 12.6. The van der Waals surface area contributed by atoms with Crippen LogP contribution < -0.4 is 5.32 Å². The molecule has 1 heterocycles. The predicted molar refractivity (Wildman–Crippen MR) is 89.3 cm³/mol. The maximum atomic E-state index is 4.56. The zero-order valence-corrected chi connectivity index (χ0v) is 12.6. The van der Waals surface area contributed by atoms with E-state index in [1.54, 1.807) is 0 Å². The highest BCUT2D eigenvalue weighted by molar-refractivity contribution is 5.84. The average molecular weight is 276 g/mol. The topological polar surface area (TPSA) is 24.9 Å². The maximum Gasteiger partial charge on any atom is 0.0702 e. The smallest absolute Gasteiger partial charge is 0.0702 e. The number of pyridine rings is 1. The lowest BCUT2D eigenvalue weighted by Crippen LogP contribution is -2.11. The third-order valence-corrected chi connectivity index (χ3v) is 3.77. The van der Waals surface area contributed by atoms with Crippen LogP contribution in [0.5, 0.6) is 0 Å².